The molecule has 26 heavy (non-hydrogen) atoms. The molecule has 1 atom stereocenters. The molecule has 0 aromatic heterocycles. The van der Waals surface area contributed by atoms with E-state index < -0.39 is 0 Å². The minimum Gasteiger partial charge on any atom is -0.374 e. The van der Waals surface area contributed by atoms with Crippen LogP contribution in [0.4, 0.5) is 0 Å². The fourth-order valence-electron chi connectivity index (χ4n) is 4.36. The monoisotopic (exact) mass is 478 g/mol. The maximum atomic E-state index is 6.32. The molecule has 2 aromatic rings. The van der Waals surface area contributed by atoms with Crippen LogP contribution in [0.15, 0.2) is 51.4 Å². The highest BCUT2D eigenvalue weighted by Crippen LogP contribution is 2.42. The lowest BCUT2D eigenvalue weighted by atomic mass is 9.89. The highest BCUT2D eigenvalue weighted by molar-refractivity contribution is 9.11. The molecule has 0 bridgehead atoms. The predicted molar refractivity (Wildman–Crippen MR) is 112 cm³/mol. The molecule has 0 amide bonds. The van der Waals surface area contributed by atoms with Crippen molar-refractivity contribution >= 4 is 31.9 Å². The molecule has 0 spiro atoms. The Bertz CT molecular complexity index is 756. The van der Waals surface area contributed by atoms with E-state index in [0.29, 0.717) is 6.61 Å². The summed E-state index contributed by atoms with van der Waals surface area (Å²) in [5.74, 6) is 0. The number of hydrogen-bond acceptors (Lipinski definition) is 3. The molecule has 1 N–H and O–H groups in total. The summed E-state index contributed by atoms with van der Waals surface area (Å²) in [6.45, 7) is 5.66. The first-order chi connectivity index (χ1) is 12.7. The molecule has 5 heteroatoms. The van der Waals surface area contributed by atoms with Gasteiger partial charge in [0.2, 0.25) is 0 Å². The molecule has 1 aliphatic heterocycles. The van der Waals surface area contributed by atoms with Crippen LogP contribution in [-0.2, 0) is 23.3 Å². The van der Waals surface area contributed by atoms with Gasteiger partial charge in [0.05, 0.1) is 18.8 Å². The maximum absolute atomic E-state index is 6.32. The standard InChI is InChI=1S/C21H24Br2N2O/c22-18-11-16(12-19(23)13-18)14-26-15-21(25-9-7-24-8-10-25)6-5-17-3-1-2-4-20(17)21/h1-4,11-13,24H,5-10,14-15H2. The van der Waals surface area contributed by atoms with Gasteiger partial charge in [-0.1, -0.05) is 56.1 Å². The molecular formula is C21H24Br2N2O. The van der Waals surface area contributed by atoms with Crippen LogP contribution in [0.1, 0.15) is 23.1 Å². The Morgan fingerprint density at radius 3 is 2.54 bits per heavy atom. The van der Waals surface area contributed by atoms with E-state index in [1.54, 1.807) is 0 Å². The number of benzene rings is 2. The topological polar surface area (TPSA) is 24.5 Å². The van der Waals surface area contributed by atoms with Crippen LogP contribution in [0.25, 0.3) is 0 Å². The van der Waals surface area contributed by atoms with Crippen LogP contribution in [-0.4, -0.2) is 37.7 Å². The molecule has 1 heterocycles. The Morgan fingerprint density at radius 1 is 1.04 bits per heavy atom. The number of rotatable bonds is 5. The van der Waals surface area contributed by atoms with Crippen molar-refractivity contribution in [2.45, 2.75) is 25.0 Å². The van der Waals surface area contributed by atoms with Gasteiger partial charge in [-0.15, -0.1) is 0 Å². The minimum atomic E-state index is 0.0158. The number of fused-ring (bicyclic) bond motifs is 1. The average Bonchev–Trinajstić information content (AvgIpc) is 3.02. The van der Waals surface area contributed by atoms with Gasteiger partial charge in [0, 0.05) is 35.1 Å². The summed E-state index contributed by atoms with van der Waals surface area (Å²) in [5, 5.41) is 3.48. The Kier molecular flexibility index (Phi) is 5.81. The van der Waals surface area contributed by atoms with Crippen LogP contribution >= 0.6 is 31.9 Å². The summed E-state index contributed by atoms with van der Waals surface area (Å²) in [6.07, 6.45) is 2.29. The molecule has 1 aliphatic carbocycles. The third-order valence-corrected chi connectivity index (χ3v) is 6.50. The van der Waals surface area contributed by atoms with Crippen LogP contribution in [0.2, 0.25) is 0 Å². The van der Waals surface area contributed by atoms with E-state index in [9.17, 15) is 0 Å². The smallest absolute Gasteiger partial charge is 0.0718 e. The van der Waals surface area contributed by atoms with Crippen molar-refractivity contribution in [1.29, 1.82) is 0 Å². The Balaban J connectivity index is 1.54. The van der Waals surface area contributed by atoms with Crippen LogP contribution < -0.4 is 5.32 Å². The minimum absolute atomic E-state index is 0.0158. The summed E-state index contributed by atoms with van der Waals surface area (Å²) in [7, 11) is 0. The normalized spacial score (nSPS) is 23.2. The predicted octanol–water partition coefficient (Wildman–Crippen LogP) is 4.48. The Hall–Kier alpha value is -0.720. The highest BCUT2D eigenvalue weighted by Gasteiger charge is 2.44. The molecule has 1 fully saturated rings. The van der Waals surface area contributed by atoms with E-state index in [2.05, 4.69) is 84.5 Å². The fraction of sp³-hybridized carbons (Fsp3) is 0.429. The molecular weight excluding hydrogens is 456 g/mol. The van der Waals surface area contributed by atoms with Gasteiger partial charge in [-0.05, 0) is 47.7 Å². The van der Waals surface area contributed by atoms with Crippen molar-refractivity contribution < 1.29 is 4.74 Å². The number of nitrogens with one attached hydrogen (secondary N) is 1. The van der Waals surface area contributed by atoms with Crippen molar-refractivity contribution in [2.75, 3.05) is 32.8 Å². The van der Waals surface area contributed by atoms with Crippen molar-refractivity contribution in [3.63, 3.8) is 0 Å². The molecule has 138 valence electrons. The fourth-order valence-corrected chi connectivity index (χ4v) is 5.75. The van der Waals surface area contributed by atoms with Crippen LogP contribution in [0.3, 0.4) is 0 Å². The summed E-state index contributed by atoms with van der Waals surface area (Å²) < 4.78 is 8.48. The zero-order valence-electron chi connectivity index (χ0n) is 14.8. The second-order valence-electron chi connectivity index (χ2n) is 7.20. The maximum Gasteiger partial charge on any atom is 0.0718 e. The first-order valence-electron chi connectivity index (χ1n) is 9.24. The Morgan fingerprint density at radius 2 is 1.77 bits per heavy atom. The molecule has 1 unspecified atom stereocenters. The first-order valence-corrected chi connectivity index (χ1v) is 10.8. The lowest BCUT2D eigenvalue weighted by molar-refractivity contribution is -0.0240. The lowest BCUT2D eigenvalue weighted by Gasteiger charge is -2.44. The number of aryl methyl sites for hydroxylation is 1. The third kappa shape index (κ3) is 3.78. The SMILES string of the molecule is Brc1cc(Br)cc(COCC2(N3CCNCC3)CCc3ccccc32)c1. The molecule has 0 saturated carbocycles. The molecule has 4 rings (SSSR count). The Labute approximate surface area is 172 Å². The largest absolute Gasteiger partial charge is 0.374 e. The van der Waals surface area contributed by atoms with Crippen molar-refractivity contribution in [3.8, 4) is 0 Å². The van der Waals surface area contributed by atoms with E-state index in [1.165, 1.54) is 16.7 Å². The zero-order chi connectivity index (χ0) is 18.0. The van der Waals surface area contributed by atoms with Gasteiger partial charge in [-0.25, -0.2) is 0 Å². The molecule has 1 saturated heterocycles. The number of nitrogens with zero attached hydrogens (tertiary/aromatic N) is 1. The van der Waals surface area contributed by atoms with Gasteiger partial charge < -0.3 is 10.1 Å². The second-order valence-corrected chi connectivity index (χ2v) is 9.03. The van der Waals surface area contributed by atoms with Gasteiger partial charge in [0.1, 0.15) is 0 Å². The van der Waals surface area contributed by atoms with Gasteiger partial charge >= 0.3 is 0 Å². The number of halogens is 2. The highest BCUT2D eigenvalue weighted by atomic mass is 79.9. The van der Waals surface area contributed by atoms with Crippen molar-refractivity contribution in [1.82, 2.24) is 10.2 Å². The van der Waals surface area contributed by atoms with Crippen LogP contribution in [0.5, 0.6) is 0 Å². The molecule has 3 nitrogen and oxygen atoms in total. The van der Waals surface area contributed by atoms with E-state index in [-0.39, 0.29) is 5.54 Å². The van der Waals surface area contributed by atoms with Crippen molar-refractivity contribution in [3.05, 3.63) is 68.1 Å². The number of hydrogen-bond donors (Lipinski definition) is 1. The summed E-state index contributed by atoms with van der Waals surface area (Å²) >= 11 is 7.13. The zero-order valence-corrected chi connectivity index (χ0v) is 18.0. The third-order valence-electron chi connectivity index (χ3n) is 5.58. The van der Waals surface area contributed by atoms with Crippen LogP contribution in [0, 0.1) is 0 Å². The number of ether oxygens (including phenoxy) is 1. The van der Waals surface area contributed by atoms with E-state index >= 15 is 0 Å². The van der Waals surface area contributed by atoms with Crippen molar-refractivity contribution in [2.24, 2.45) is 0 Å². The van der Waals surface area contributed by atoms with Gasteiger partial charge in [0.15, 0.2) is 0 Å². The first kappa shape index (κ1) is 18.6. The quantitative estimate of drug-likeness (QED) is 0.684. The summed E-state index contributed by atoms with van der Waals surface area (Å²) in [6, 6.07) is 15.2. The van der Waals surface area contributed by atoms with Gasteiger partial charge in [0.25, 0.3) is 0 Å². The lowest BCUT2D eigenvalue weighted by Crippen LogP contribution is -2.55. The van der Waals surface area contributed by atoms with Gasteiger partial charge in [-0.3, -0.25) is 4.90 Å². The molecule has 0 radical (unpaired) electrons. The summed E-state index contributed by atoms with van der Waals surface area (Å²) in [5.41, 5.74) is 4.16. The van der Waals surface area contributed by atoms with Gasteiger partial charge in [-0.2, -0.15) is 0 Å². The van der Waals surface area contributed by atoms with E-state index in [4.69, 9.17) is 4.74 Å². The molecule has 2 aliphatic rings. The number of piperazine rings is 1. The van der Waals surface area contributed by atoms with E-state index in [0.717, 1.165) is 54.6 Å². The molecule has 2 aromatic carbocycles. The summed E-state index contributed by atoms with van der Waals surface area (Å²) in [4.78, 5) is 2.64. The second kappa shape index (κ2) is 8.11. The van der Waals surface area contributed by atoms with E-state index in [1.807, 2.05) is 0 Å². The average molecular weight is 480 g/mol.